The van der Waals surface area contributed by atoms with Gasteiger partial charge in [-0.1, -0.05) is 0 Å². The van der Waals surface area contributed by atoms with Crippen LogP contribution >= 0.6 is 0 Å². The predicted molar refractivity (Wildman–Crippen MR) is 63.7 cm³/mol. The van der Waals surface area contributed by atoms with Crippen LogP contribution in [0.15, 0.2) is 12.3 Å². The number of ether oxygens (including phenoxy) is 3. The van der Waals surface area contributed by atoms with E-state index in [0.29, 0.717) is 13.2 Å². The number of pyridine rings is 1. The van der Waals surface area contributed by atoms with Crippen LogP contribution in [0.2, 0.25) is 0 Å². The lowest BCUT2D eigenvalue weighted by atomic mass is 10.2. The number of nitrogens with one attached hydrogen (secondary N) is 1. The quantitative estimate of drug-likeness (QED) is 0.573. The molecular weight excluding hydrogens is 256 g/mol. The second-order valence-corrected chi connectivity index (χ2v) is 3.35. The summed E-state index contributed by atoms with van der Waals surface area (Å²) in [6.45, 7) is 0.738. The number of hydrogen-bond acceptors (Lipinski definition) is 6. The van der Waals surface area contributed by atoms with Crippen LogP contribution < -0.4 is 14.8 Å². The van der Waals surface area contributed by atoms with Gasteiger partial charge in [0.25, 0.3) is 11.8 Å². The first-order chi connectivity index (χ1) is 9.08. The van der Waals surface area contributed by atoms with Crippen LogP contribution in [0.1, 0.15) is 10.4 Å². The topological polar surface area (TPSA) is 107 Å². The van der Waals surface area contributed by atoms with Crippen LogP contribution in [0.25, 0.3) is 0 Å². The van der Waals surface area contributed by atoms with Crippen molar-refractivity contribution in [1.82, 2.24) is 10.3 Å². The molecule has 1 aromatic rings. The van der Waals surface area contributed by atoms with Crippen molar-refractivity contribution in [1.29, 1.82) is 0 Å². The Labute approximate surface area is 109 Å². The minimum absolute atomic E-state index is 0.0572. The van der Waals surface area contributed by atoms with Crippen molar-refractivity contribution >= 4 is 12.1 Å². The average Bonchev–Trinajstić information content (AvgIpc) is 2.38. The average molecular weight is 270 g/mol. The Morgan fingerprint density at radius 1 is 1.42 bits per heavy atom. The SMILES string of the molecule is COCCNC(=O)c1cnc(OC(=O)O)c(OC)c1. The van der Waals surface area contributed by atoms with E-state index < -0.39 is 6.16 Å². The van der Waals surface area contributed by atoms with Crippen molar-refractivity contribution in [2.45, 2.75) is 0 Å². The minimum atomic E-state index is -1.51. The number of hydrogen-bond donors (Lipinski definition) is 2. The van der Waals surface area contributed by atoms with Gasteiger partial charge in [0, 0.05) is 25.9 Å². The van der Waals surface area contributed by atoms with Crippen LogP contribution in [0.4, 0.5) is 4.79 Å². The van der Waals surface area contributed by atoms with Gasteiger partial charge in [-0.2, -0.15) is 0 Å². The summed E-state index contributed by atoms with van der Waals surface area (Å²) in [6, 6.07) is 1.34. The van der Waals surface area contributed by atoms with Gasteiger partial charge in [-0.05, 0) is 0 Å². The fraction of sp³-hybridized carbons (Fsp3) is 0.364. The molecule has 1 heterocycles. The van der Waals surface area contributed by atoms with E-state index in [2.05, 4.69) is 15.0 Å². The van der Waals surface area contributed by atoms with E-state index in [1.165, 1.54) is 26.5 Å². The van der Waals surface area contributed by atoms with E-state index in [9.17, 15) is 9.59 Å². The highest BCUT2D eigenvalue weighted by atomic mass is 16.7. The Morgan fingerprint density at radius 2 is 2.16 bits per heavy atom. The monoisotopic (exact) mass is 270 g/mol. The van der Waals surface area contributed by atoms with Gasteiger partial charge in [0.2, 0.25) is 0 Å². The molecule has 0 saturated carbocycles. The molecule has 0 aliphatic rings. The second-order valence-electron chi connectivity index (χ2n) is 3.35. The molecule has 0 atom stereocenters. The lowest BCUT2D eigenvalue weighted by molar-refractivity contribution is 0.0936. The van der Waals surface area contributed by atoms with Crippen molar-refractivity contribution in [3.63, 3.8) is 0 Å². The zero-order valence-electron chi connectivity index (χ0n) is 10.5. The van der Waals surface area contributed by atoms with Crippen molar-refractivity contribution < 1.29 is 28.9 Å². The molecule has 1 aromatic heterocycles. The summed E-state index contributed by atoms with van der Waals surface area (Å²) in [4.78, 5) is 25.8. The first-order valence-electron chi connectivity index (χ1n) is 5.30. The lowest BCUT2D eigenvalue weighted by Gasteiger charge is -2.08. The summed E-state index contributed by atoms with van der Waals surface area (Å²) in [6.07, 6.45) is -0.314. The Bertz CT molecular complexity index is 462. The molecule has 104 valence electrons. The van der Waals surface area contributed by atoms with Crippen molar-refractivity contribution in [3.05, 3.63) is 17.8 Å². The number of nitrogens with zero attached hydrogens (tertiary/aromatic N) is 1. The van der Waals surface area contributed by atoms with Gasteiger partial charge >= 0.3 is 6.16 Å². The van der Waals surface area contributed by atoms with E-state index in [-0.39, 0.29) is 23.1 Å². The number of carbonyl (C=O) groups is 2. The predicted octanol–water partition coefficient (Wildman–Crippen LogP) is 0.523. The van der Waals surface area contributed by atoms with Crippen molar-refractivity contribution in [2.24, 2.45) is 0 Å². The lowest BCUT2D eigenvalue weighted by Crippen LogP contribution is -2.27. The summed E-state index contributed by atoms with van der Waals surface area (Å²) < 4.78 is 14.1. The second kappa shape index (κ2) is 7.17. The first-order valence-corrected chi connectivity index (χ1v) is 5.30. The third-order valence-electron chi connectivity index (χ3n) is 2.08. The molecule has 0 aromatic carbocycles. The number of rotatable bonds is 6. The largest absolute Gasteiger partial charge is 0.512 e. The molecule has 0 aliphatic heterocycles. The summed E-state index contributed by atoms with van der Waals surface area (Å²) in [5.74, 6) is -0.532. The standard InChI is InChI=1S/C11H14N2O6/c1-17-4-3-12-9(14)7-5-8(18-2)10(13-6-7)19-11(15)16/h5-6H,3-4H2,1-2H3,(H,12,14)(H,15,16). The zero-order valence-corrected chi connectivity index (χ0v) is 10.5. The van der Waals surface area contributed by atoms with Gasteiger partial charge in [-0.3, -0.25) is 4.79 Å². The Kier molecular flexibility index (Phi) is 5.55. The van der Waals surface area contributed by atoms with Crippen LogP contribution in [0.3, 0.4) is 0 Å². The highest BCUT2D eigenvalue weighted by molar-refractivity contribution is 5.94. The number of aromatic nitrogens is 1. The van der Waals surface area contributed by atoms with Gasteiger partial charge in [-0.25, -0.2) is 9.78 Å². The van der Waals surface area contributed by atoms with Crippen molar-refractivity contribution in [3.8, 4) is 11.6 Å². The molecule has 0 unspecified atom stereocenters. The molecule has 8 nitrogen and oxygen atoms in total. The molecule has 0 bridgehead atoms. The van der Waals surface area contributed by atoms with E-state index >= 15 is 0 Å². The minimum Gasteiger partial charge on any atom is -0.491 e. The van der Waals surface area contributed by atoms with Gasteiger partial charge in [-0.15, -0.1) is 0 Å². The van der Waals surface area contributed by atoms with Gasteiger partial charge in [0.1, 0.15) is 0 Å². The number of methoxy groups -OCH3 is 2. The maximum absolute atomic E-state index is 11.7. The summed E-state index contributed by atoms with van der Waals surface area (Å²) >= 11 is 0. The fourth-order valence-corrected chi connectivity index (χ4v) is 1.23. The Balaban J connectivity index is 2.81. The van der Waals surface area contributed by atoms with Gasteiger partial charge < -0.3 is 24.6 Å². The third kappa shape index (κ3) is 4.43. The highest BCUT2D eigenvalue weighted by Crippen LogP contribution is 2.25. The highest BCUT2D eigenvalue weighted by Gasteiger charge is 2.14. The molecule has 8 heteroatoms. The third-order valence-corrected chi connectivity index (χ3v) is 2.08. The molecule has 0 radical (unpaired) electrons. The Morgan fingerprint density at radius 3 is 2.74 bits per heavy atom. The molecule has 2 N–H and O–H groups in total. The van der Waals surface area contributed by atoms with E-state index in [4.69, 9.17) is 14.6 Å². The van der Waals surface area contributed by atoms with Gasteiger partial charge in [0.05, 0.1) is 19.3 Å². The fourth-order valence-electron chi connectivity index (χ4n) is 1.23. The van der Waals surface area contributed by atoms with Crippen LogP contribution in [0, 0.1) is 0 Å². The first kappa shape index (κ1) is 14.7. The van der Waals surface area contributed by atoms with E-state index in [0.717, 1.165) is 0 Å². The Hall–Kier alpha value is -2.35. The molecule has 1 amide bonds. The molecular formula is C11H14N2O6. The summed E-state index contributed by atoms with van der Waals surface area (Å²) in [7, 11) is 2.84. The molecule has 1 rings (SSSR count). The molecule has 0 fully saturated rings. The molecule has 0 aliphatic carbocycles. The number of amides is 1. The normalized spacial score (nSPS) is 9.79. The zero-order chi connectivity index (χ0) is 14.3. The summed E-state index contributed by atoms with van der Waals surface area (Å²) in [5.41, 5.74) is 0.227. The smallest absolute Gasteiger partial charge is 0.491 e. The van der Waals surface area contributed by atoms with Crippen molar-refractivity contribution in [2.75, 3.05) is 27.4 Å². The number of carboxylic acid groups (broad SMARTS) is 1. The molecule has 0 saturated heterocycles. The maximum atomic E-state index is 11.7. The number of carbonyl (C=O) groups excluding carboxylic acids is 1. The maximum Gasteiger partial charge on any atom is 0.512 e. The van der Waals surface area contributed by atoms with E-state index in [1.54, 1.807) is 0 Å². The molecule has 0 spiro atoms. The summed E-state index contributed by atoms with van der Waals surface area (Å²) in [5, 5.41) is 11.1. The van der Waals surface area contributed by atoms with Crippen LogP contribution in [-0.2, 0) is 4.74 Å². The molecule has 19 heavy (non-hydrogen) atoms. The van der Waals surface area contributed by atoms with E-state index in [1.807, 2.05) is 0 Å². The van der Waals surface area contributed by atoms with Crippen LogP contribution in [0.5, 0.6) is 11.6 Å². The van der Waals surface area contributed by atoms with Crippen LogP contribution in [-0.4, -0.2) is 49.5 Å². The van der Waals surface area contributed by atoms with Gasteiger partial charge in [0.15, 0.2) is 5.75 Å².